The number of carbonyl (C=O) groups is 1. The van der Waals surface area contributed by atoms with Crippen LogP contribution in [-0.2, 0) is 6.54 Å². The van der Waals surface area contributed by atoms with Gasteiger partial charge in [0.1, 0.15) is 17.9 Å². The first kappa shape index (κ1) is 19.9. The Balaban J connectivity index is 1.49. The molecule has 0 amide bonds. The van der Waals surface area contributed by atoms with Crippen molar-refractivity contribution in [2.75, 3.05) is 18.5 Å². The van der Waals surface area contributed by atoms with Gasteiger partial charge in [0.25, 0.3) is 0 Å². The van der Waals surface area contributed by atoms with Crippen LogP contribution in [0, 0.1) is 6.92 Å². The molecule has 1 aromatic carbocycles. The van der Waals surface area contributed by atoms with Crippen molar-refractivity contribution in [1.29, 1.82) is 0 Å². The summed E-state index contributed by atoms with van der Waals surface area (Å²) in [6, 6.07) is 14.1. The van der Waals surface area contributed by atoms with Crippen molar-refractivity contribution in [2.24, 2.45) is 0 Å². The van der Waals surface area contributed by atoms with Gasteiger partial charge in [0, 0.05) is 36.4 Å². The maximum absolute atomic E-state index is 11.5. The van der Waals surface area contributed by atoms with E-state index in [1.54, 1.807) is 6.07 Å². The van der Waals surface area contributed by atoms with Gasteiger partial charge in [-0.3, -0.25) is 0 Å². The molecule has 3 aromatic heterocycles. The third kappa shape index (κ3) is 3.99. The molecule has 154 valence electrons. The molecule has 0 atom stereocenters. The number of rotatable bonds is 8. The van der Waals surface area contributed by atoms with Gasteiger partial charge in [-0.1, -0.05) is 18.2 Å². The summed E-state index contributed by atoms with van der Waals surface area (Å²) in [6.45, 7) is 5.84. The zero-order chi connectivity index (χ0) is 21.1. The lowest BCUT2D eigenvalue weighted by atomic mass is 10.2. The Morgan fingerprint density at radius 3 is 2.87 bits per heavy atom. The number of aromatic carboxylic acids is 1. The number of nitrogens with zero attached hydrogens (tertiary/aromatic N) is 3. The van der Waals surface area contributed by atoms with Crippen molar-refractivity contribution in [3.63, 3.8) is 0 Å². The predicted molar refractivity (Wildman–Crippen MR) is 119 cm³/mol. The van der Waals surface area contributed by atoms with E-state index in [2.05, 4.69) is 45.0 Å². The number of hydrogen-bond donors (Lipinski definition) is 2. The number of anilines is 1. The van der Waals surface area contributed by atoms with Crippen LogP contribution >= 0.6 is 11.3 Å². The van der Waals surface area contributed by atoms with Crippen LogP contribution in [0.15, 0.2) is 48.8 Å². The summed E-state index contributed by atoms with van der Waals surface area (Å²) >= 11 is 1.15. The molecule has 0 aliphatic heterocycles. The molecule has 0 aliphatic rings. The molecule has 0 unspecified atom stereocenters. The van der Waals surface area contributed by atoms with Gasteiger partial charge in [0.15, 0.2) is 4.88 Å². The summed E-state index contributed by atoms with van der Waals surface area (Å²) in [7, 11) is 0. The highest BCUT2D eigenvalue weighted by molar-refractivity contribution is 7.17. The van der Waals surface area contributed by atoms with Crippen LogP contribution in [0.2, 0.25) is 0 Å². The summed E-state index contributed by atoms with van der Waals surface area (Å²) in [5, 5.41) is 14.0. The van der Waals surface area contributed by atoms with Crippen molar-refractivity contribution in [2.45, 2.75) is 20.4 Å². The van der Waals surface area contributed by atoms with Gasteiger partial charge in [-0.2, -0.15) is 0 Å². The quantitative estimate of drug-likeness (QED) is 0.429. The average molecular weight is 423 g/mol. The molecule has 4 aromatic rings. The van der Waals surface area contributed by atoms with E-state index in [1.807, 2.05) is 25.1 Å². The third-order valence-corrected chi connectivity index (χ3v) is 5.90. The predicted octanol–water partition coefficient (Wildman–Crippen LogP) is 4.68. The number of ether oxygens (including phenoxy) is 1. The maximum Gasteiger partial charge on any atom is 0.349 e. The molecule has 0 bridgehead atoms. The molecule has 3 heterocycles. The van der Waals surface area contributed by atoms with Crippen LogP contribution < -0.4 is 10.1 Å². The first-order valence-electron chi connectivity index (χ1n) is 9.68. The van der Waals surface area contributed by atoms with Crippen LogP contribution in [0.5, 0.6) is 5.75 Å². The summed E-state index contributed by atoms with van der Waals surface area (Å²) in [4.78, 5) is 21.0. The Hall–Kier alpha value is -3.39. The molecule has 0 saturated heterocycles. The van der Waals surface area contributed by atoms with E-state index in [-0.39, 0.29) is 4.88 Å². The Morgan fingerprint density at radius 2 is 2.07 bits per heavy atom. The minimum absolute atomic E-state index is 0.176. The first-order chi connectivity index (χ1) is 14.6. The fourth-order valence-electron chi connectivity index (χ4n) is 3.44. The van der Waals surface area contributed by atoms with Crippen molar-refractivity contribution in [1.82, 2.24) is 14.5 Å². The molecule has 2 N–H and O–H groups in total. The Bertz CT molecular complexity index is 1200. The third-order valence-electron chi connectivity index (χ3n) is 4.77. The number of para-hydroxylation sites is 1. The van der Waals surface area contributed by atoms with Crippen LogP contribution in [0.25, 0.3) is 21.5 Å². The summed E-state index contributed by atoms with van der Waals surface area (Å²) in [5.41, 5.74) is 3.08. The lowest BCUT2D eigenvalue weighted by Crippen LogP contribution is -2.12. The lowest BCUT2D eigenvalue weighted by Gasteiger charge is -2.10. The van der Waals surface area contributed by atoms with Crippen molar-refractivity contribution in [3.8, 4) is 16.3 Å². The highest BCUT2D eigenvalue weighted by Gasteiger charge is 2.18. The van der Waals surface area contributed by atoms with Crippen LogP contribution in [0.3, 0.4) is 0 Å². The fraction of sp³-hybridized carbons (Fsp3) is 0.227. The van der Waals surface area contributed by atoms with Gasteiger partial charge in [0.05, 0.1) is 17.2 Å². The Morgan fingerprint density at radius 1 is 1.23 bits per heavy atom. The van der Waals surface area contributed by atoms with E-state index >= 15 is 0 Å². The number of carboxylic acids is 1. The van der Waals surface area contributed by atoms with Gasteiger partial charge in [0.2, 0.25) is 0 Å². The second kappa shape index (κ2) is 8.54. The largest absolute Gasteiger partial charge is 0.492 e. The molecule has 0 spiro atoms. The topological polar surface area (TPSA) is 89.3 Å². The summed E-state index contributed by atoms with van der Waals surface area (Å²) in [5.74, 6) is 0.0573. The lowest BCUT2D eigenvalue weighted by molar-refractivity contribution is 0.0698. The van der Waals surface area contributed by atoms with E-state index in [4.69, 9.17) is 4.74 Å². The molecular formula is C22H22N4O3S. The molecule has 30 heavy (non-hydrogen) atoms. The minimum Gasteiger partial charge on any atom is -0.492 e. The number of fused-ring (bicyclic) bond motifs is 1. The minimum atomic E-state index is -1.00. The van der Waals surface area contributed by atoms with E-state index in [0.29, 0.717) is 30.4 Å². The Labute approximate surface area is 178 Å². The molecule has 0 aliphatic carbocycles. The van der Waals surface area contributed by atoms with Crippen molar-refractivity contribution >= 4 is 34.0 Å². The van der Waals surface area contributed by atoms with Gasteiger partial charge in [-0.25, -0.2) is 14.8 Å². The highest BCUT2D eigenvalue weighted by Crippen LogP contribution is 2.36. The zero-order valence-corrected chi connectivity index (χ0v) is 17.6. The summed E-state index contributed by atoms with van der Waals surface area (Å²) in [6.07, 6.45) is 1.48. The number of thiophene rings is 1. The van der Waals surface area contributed by atoms with E-state index in [9.17, 15) is 9.90 Å². The first-order valence-corrected chi connectivity index (χ1v) is 10.5. The molecule has 0 radical (unpaired) electrons. The van der Waals surface area contributed by atoms with E-state index in [0.717, 1.165) is 22.8 Å². The smallest absolute Gasteiger partial charge is 0.349 e. The van der Waals surface area contributed by atoms with Gasteiger partial charge < -0.3 is 19.7 Å². The van der Waals surface area contributed by atoms with Crippen molar-refractivity contribution < 1.29 is 14.6 Å². The maximum atomic E-state index is 11.5. The van der Waals surface area contributed by atoms with E-state index < -0.39 is 5.97 Å². The molecule has 4 rings (SSSR count). The zero-order valence-electron chi connectivity index (χ0n) is 16.8. The number of carboxylic acid groups (broad SMARTS) is 1. The molecule has 8 heteroatoms. The summed E-state index contributed by atoms with van der Waals surface area (Å²) < 4.78 is 7.73. The molecular weight excluding hydrogens is 400 g/mol. The molecule has 0 saturated carbocycles. The monoisotopic (exact) mass is 422 g/mol. The van der Waals surface area contributed by atoms with Gasteiger partial charge >= 0.3 is 5.97 Å². The second-order valence-corrected chi connectivity index (χ2v) is 7.81. The van der Waals surface area contributed by atoms with E-state index in [1.165, 1.54) is 22.9 Å². The normalized spacial score (nSPS) is 11.0. The van der Waals surface area contributed by atoms with Gasteiger partial charge in [-0.15, -0.1) is 11.3 Å². The Kier molecular flexibility index (Phi) is 5.67. The number of nitrogens with one attached hydrogen (secondary N) is 1. The second-order valence-electron chi connectivity index (χ2n) is 6.75. The van der Waals surface area contributed by atoms with Crippen LogP contribution in [0.1, 0.15) is 22.3 Å². The van der Waals surface area contributed by atoms with Gasteiger partial charge in [-0.05, 0) is 31.4 Å². The van der Waals surface area contributed by atoms with Crippen molar-refractivity contribution in [3.05, 3.63) is 59.4 Å². The average Bonchev–Trinajstić information content (AvgIpc) is 3.30. The van der Waals surface area contributed by atoms with Crippen LogP contribution in [0.4, 0.5) is 5.82 Å². The molecule has 0 fully saturated rings. The number of aromatic nitrogens is 3. The van der Waals surface area contributed by atoms with Crippen LogP contribution in [-0.4, -0.2) is 38.8 Å². The number of hydrogen-bond acceptors (Lipinski definition) is 6. The SMILES string of the molecule is CCOc1cc(-c2cc(NCCn3c(C)cc4ccccc43)ncn2)sc1C(=O)O. The fourth-order valence-corrected chi connectivity index (χ4v) is 4.35. The standard InChI is InChI=1S/C22H22N4O3S/c1-3-29-18-12-19(30-21(18)22(27)28)16-11-20(25-13-24-16)23-8-9-26-14(2)10-15-6-4-5-7-17(15)26/h4-7,10-13H,3,8-9H2,1-2H3,(H,27,28)(H,23,24,25). The molecule has 7 nitrogen and oxygen atoms in total. The number of aryl methyl sites for hydroxylation is 1. The highest BCUT2D eigenvalue weighted by atomic mass is 32.1. The number of benzene rings is 1.